The summed E-state index contributed by atoms with van der Waals surface area (Å²) in [4.78, 5) is 12.2. The topological polar surface area (TPSA) is 26.3 Å². The van der Waals surface area contributed by atoms with Crippen LogP contribution >= 0.6 is 22.9 Å². The molecule has 0 fully saturated rings. The van der Waals surface area contributed by atoms with Gasteiger partial charge in [-0.25, -0.2) is 0 Å². The van der Waals surface area contributed by atoms with Crippen molar-refractivity contribution in [3.63, 3.8) is 0 Å². The molecule has 0 aliphatic heterocycles. The molecule has 82 valence electrons. The van der Waals surface area contributed by atoms with Crippen LogP contribution in [0.3, 0.4) is 0 Å². The van der Waals surface area contributed by atoms with Gasteiger partial charge in [0.25, 0.3) is 0 Å². The van der Waals surface area contributed by atoms with Crippen LogP contribution in [0.15, 0.2) is 36.4 Å². The van der Waals surface area contributed by atoms with E-state index in [1.165, 1.54) is 11.3 Å². The number of rotatable bonds is 3. The van der Waals surface area contributed by atoms with Crippen LogP contribution in [-0.2, 0) is 15.0 Å². The Morgan fingerprint density at radius 1 is 1.35 bits per heavy atom. The third-order valence-corrected chi connectivity index (χ3v) is 3.83. The predicted molar refractivity (Wildman–Crippen MR) is 70.3 cm³/mol. The molecular weight excluding hydrogens is 271 g/mol. The molecule has 0 saturated carbocycles. The van der Waals surface area contributed by atoms with Crippen LogP contribution in [0.2, 0.25) is 4.34 Å². The summed E-state index contributed by atoms with van der Waals surface area (Å²) in [6.07, 6.45) is 0.241. The summed E-state index contributed by atoms with van der Waals surface area (Å²) in [5, 5.41) is 0. The van der Waals surface area contributed by atoms with Gasteiger partial charge < -0.3 is 0 Å². The zero-order valence-electron chi connectivity index (χ0n) is 8.85. The average Bonchev–Trinajstić information content (AvgIpc) is 2.71. The number of thiophene rings is 1. The molecule has 1 aromatic heterocycles. The fraction of sp³-hybridized carbons (Fsp3) is 0.0833. The Kier molecular flexibility index (Phi) is 4.25. The monoisotopic (exact) mass is 278 g/mol. The summed E-state index contributed by atoms with van der Waals surface area (Å²) in [7, 11) is 0. The molecule has 0 amide bonds. The zero-order valence-corrected chi connectivity index (χ0v) is 11.6. The van der Waals surface area contributed by atoms with E-state index in [-0.39, 0.29) is 12.4 Å². The van der Waals surface area contributed by atoms with Crippen molar-refractivity contribution in [2.75, 3.05) is 0 Å². The van der Waals surface area contributed by atoms with Gasteiger partial charge >= 0.3 is 117 Å². The van der Waals surface area contributed by atoms with E-state index in [2.05, 4.69) is 3.79 Å². The third kappa shape index (κ3) is 3.11. The van der Waals surface area contributed by atoms with E-state index in [9.17, 15) is 4.79 Å². The van der Waals surface area contributed by atoms with Crippen LogP contribution in [0.25, 0.3) is 11.1 Å². The van der Waals surface area contributed by atoms with E-state index in [0.29, 0.717) is 4.34 Å². The first kappa shape index (κ1) is 12.7. The molecular formula is C12H8AlClO2S+2. The quantitative estimate of drug-likeness (QED) is 0.806. The van der Waals surface area contributed by atoms with Crippen LogP contribution in [0.1, 0.15) is 4.88 Å². The van der Waals surface area contributed by atoms with Gasteiger partial charge in [-0.05, 0) is 0 Å². The molecule has 0 saturated heterocycles. The molecule has 0 radical (unpaired) electrons. The number of carbonyl (C=O) groups excluding carboxylic acids is 1. The predicted octanol–water partition coefficient (Wildman–Crippen LogP) is 3.24. The molecule has 0 N–H and O–H groups in total. The number of carbonyl (C=O) groups is 1. The van der Waals surface area contributed by atoms with Gasteiger partial charge in [-0.1, -0.05) is 0 Å². The molecule has 17 heavy (non-hydrogen) atoms. The summed E-state index contributed by atoms with van der Waals surface area (Å²) in [6.45, 7) is 0. The van der Waals surface area contributed by atoms with Crippen LogP contribution in [0, 0.1) is 0 Å². The second-order valence-corrected chi connectivity index (χ2v) is 5.42. The summed E-state index contributed by atoms with van der Waals surface area (Å²) >= 11 is 9.37. The average molecular weight is 279 g/mol. The Morgan fingerprint density at radius 2 is 2.06 bits per heavy atom. The Balaban J connectivity index is 2.37. The zero-order chi connectivity index (χ0) is 12.3. The fourth-order valence-electron chi connectivity index (χ4n) is 1.56. The molecule has 0 aliphatic carbocycles. The molecule has 0 spiro atoms. The normalized spacial score (nSPS) is 10.3. The van der Waals surface area contributed by atoms with Gasteiger partial charge in [-0.3, -0.25) is 0 Å². The Morgan fingerprint density at radius 3 is 2.71 bits per heavy atom. The molecule has 0 aliphatic rings. The first-order valence-corrected chi connectivity index (χ1v) is 6.60. The SMILES string of the molecule is O=C(Cc1sc(Cl)cc1-c1ccccc1)[O][Al+2]. The van der Waals surface area contributed by atoms with Crippen molar-refractivity contribution in [2.45, 2.75) is 6.42 Å². The molecule has 1 heterocycles. The minimum absolute atomic E-state index is 0.241. The summed E-state index contributed by atoms with van der Waals surface area (Å²) in [5.41, 5.74) is 2.05. The van der Waals surface area contributed by atoms with Crippen LogP contribution in [0.5, 0.6) is 0 Å². The summed E-state index contributed by atoms with van der Waals surface area (Å²) < 4.78 is 5.27. The van der Waals surface area contributed by atoms with Gasteiger partial charge in [0.05, 0.1) is 0 Å². The molecule has 0 bridgehead atoms. The number of hydrogen-bond donors (Lipinski definition) is 0. The Labute approximate surface area is 117 Å². The van der Waals surface area contributed by atoms with Gasteiger partial charge in [0.2, 0.25) is 0 Å². The van der Waals surface area contributed by atoms with Gasteiger partial charge in [0.15, 0.2) is 0 Å². The van der Waals surface area contributed by atoms with Gasteiger partial charge in [0.1, 0.15) is 0 Å². The summed E-state index contributed by atoms with van der Waals surface area (Å²) in [5.74, 6) is -0.286. The first-order valence-electron chi connectivity index (χ1n) is 4.94. The van der Waals surface area contributed by atoms with Crippen molar-refractivity contribution >= 4 is 45.5 Å². The van der Waals surface area contributed by atoms with Crippen LogP contribution in [0.4, 0.5) is 0 Å². The number of hydrogen-bond acceptors (Lipinski definition) is 3. The van der Waals surface area contributed by atoms with Crippen molar-refractivity contribution in [1.29, 1.82) is 0 Å². The molecule has 0 unspecified atom stereocenters. The number of benzene rings is 1. The summed E-state index contributed by atoms with van der Waals surface area (Å²) in [6, 6.07) is 11.7. The van der Waals surface area contributed by atoms with Crippen molar-refractivity contribution in [3.8, 4) is 11.1 Å². The van der Waals surface area contributed by atoms with E-state index < -0.39 is 0 Å². The second kappa shape index (κ2) is 5.70. The standard InChI is InChI=1S/C12H9ClO2S.Al/c13-11-6-9(8-4-2-1-3-5-8)10(16-11)7-12(14)15;/h1-6H,7H2,(H,14,15);/q;+3/p-1. The molecule has 2 nitrogen and oxygen atoms in total. The second-order valence-electron chi connectivity index (χ2n) is 3.42. The van der Waals surface area contributed by atoms with Crippen molar-refractivity contribution in [2.24, 2.45) is 0 Å². The number of halogens is 1. The van der Waals surface area contributed by atoms with E-state index >= 15 is 0 Å². The Bertz CT molecular complexity index is 525. The fourth-order valence-corrected chi connectivity index (χ4v) is 2.92. The third-order valence-electron chi connectivity index (χ3n) is 2.30. The van der Waals surface area contributed by atoms with Gasteiger partial charge in [0, 0.05) is 0 Å². The van der Waals surface area contributed by atoms with E-state index in [1.807, 2.05) is 53.0 Å². The van der Waals surface area contributed by atoms with Crippen molar-refractivity contribution in [3.05, 3.63) is 45.6 Å². The van der Waals surface area contributed by atoms with Crippen LogP contribution in [-0.4, -0.2) is 22.6 Å². The van der Waals surface area contributed by atoms with E-state index in [1.54, 1.807) is 0 Å². The van der Waals surface area contributed by atoms with Crippen LogP contribution < -0.4 is 0 Å². The first-order chi connectivity index (χ1) is 8.20. The van der Waals surface area contributed by atoms with E-state index in [4.69, 9.17) is 11.6 Å². The molecule has 2 rings (SSSR count). The minimum atomic E-state index is -0.286. The molecule has 2 aromatic rings. The van der Waals surface area contributed by atoms with Gasteiger partial charge in [-0.15, -0.1) is 0 Å². The molecule has 5 heteroatoms. The Hall–Kier alpha value is -0.788. The maximum absolute atomic E-state index is 11.3. The maximum atomic E-state index is 11.3. The van der Waals surface area contributed by atoms with Crippen molar-refractivity contribution in [1.82, 2.24) is 0 Å². The van der Waals surface area contributed by atoms with E-state index in [0.717, 1.165) is 16.0 Å². The molecule has 1 aromatic carbocycles. The molecule has 0 atom stereocenters. The van der Waals surface area contributed by atoms with Gasteiger partial charge in [-0.2, -0.15) is 0 Å². The van der Waals surface area contributed by atoms with Crippen molar-refractivity contribution < 1.29 is 8.58 Å².